The van der Waals surface area contributed by atoms with Crippen LogP contribution in [0.3, 0.4) is 0 Å². The summed E-state index contributed by atoms with van der Waals surface area (Å²) in [4.78, 5) is 12.4. The van der Waals surface area contributed by atoms with E-state index in [-0.39, 0.29) is 5.92 Å². The lowest BCUT2D eigenvalue weighted by Crippen LogP contribution is -2.39. The van der Waals surface area contributed by atoms with Gasteiger partial charge in [-0.2, -0.15) is 0 Å². The molecule has 4 atom stereocenters. The number of fused-ring (bicyclic) bond motifs is 1. The lowest BCUT2D eigenvalue weighted by atomic mass is 9.67. The van der Waals surface area contributed by atoms with E-state index in [2.05, 4.69) is 12.2 Å². The number of nitrogens with one attached hydrogen (secondary N) is 1. The number of alkyl halides is 1. The van der Waals surface area contributed by atoms with Crippen molar-refractivity contribution in [1.29, 1.82) is 0 Å². The molecule has 2 aliphatic carbocycles. The molecule has 2 saturated carbocycles. The number of hydrogen-bond donors (Lipinski definition) is 1. The monoisotopic (exact) mass is 313 g/mol. The van der Waals surface area contributed by atoms with Crippen LogP contribution in [-0.4, -0.2) is 18.3 Å². The van der Waals surface area contributed by atoms with Gasteiger partial charge in [0.2, 0.25) is 5.91 Å². The van der Waals surface area contributed by atoms with Crippen molar-refractivity contribution in [3.63, 3.8) is 0 Å². The van der Waals surface area contributed by atoms with Gasteiger partial charge >= 0.3 is 0 Å². The smallest absolute Gasteiger partial charge is 0.223 e. The minimum atomic E-state index is 0.280. The van der Waals surface area contributed by atoms with Crippen LogP contribution < -0.4 is 5.32 Å². The van der Waals surface area contributed by atoms with E-state index in [1.54, 1.807) is 0 Å². The molecule has 2 fully saturated rings. The highest BCUT2D eigenvalue weighted by Gasteiger charge is 2.34. The van der Waals surface area contributed by atoms with Crippen molar-refractivity contribution in [2.75, 3.05) is 12.4 Å². The van der Waals surface area contributed by atoms with E-state index >= 15 is 0 Å². The lowest BCUT2D eigenvalue weighted by Gasteiger charge is -2.38. The van der Waals surface area contributed by atoms with Gasteiger partial charge in [0.05, 0.1) is 0 Å². The number of halogens is 1. The molecule has 122 valence electrons. The fourth-order valence-corrected chi connectivity index (χ4v) is 4.72. The molecule has 0 aromatic carbocycles. The number of rotatable bonds is 7. The van der Waals surface area contributed by atoms with Crippen LogP contribution in [0, 0.1) is 23.7 Å². The van der Waals surface area contributed by atoms with E-state index in [1.807, 2.05) is 0 Å². The van der Waals surface area contributed by atoms with Crippen molar-refractivity contribution in [1.82, 2.24) is 5.32 Å². The van der Waals surface area contributed by atoms with Gasteiger partial charge in [0, 0.05) is 18.3 Å². The van der Waals surface area contributed by atoms with Gasteiger partial charge in [0.15, 0.2) is 0 Å². The van der Waals surface area contributed by atoms with Gasteiger partial charge in [0.1, 0.15) is 0 Å². The molecule has 0 radical (unpaired) electrons. The van der Waals surface area contributed by atoms with Crippen molar-refractivity contribution in [2.24, 2.45) is 23.7 Å². The first-order chi connectivity index (χ1) is 10.2. The lowest BCUT2D eigenvalue weighted by molar-refractivity contribution is -0.127. The Labute approximate surface area is 135 Å². The molecule has 1 amide bonds. The van der Waals surface area contributed by atoms with Crippen molar-refractivity contribution in [3.8, 4) is 0 Å². The Morgan fingerprint density at radius 2 is 1.90 bits per heavy atom. The van der Waals surface area contributed by atoms with E-state index in [4.69, 9.17) is 11.6 Å². The summed E-state index contributed by atoms with van der Waals surface area (Å²) in [7, 11) is 0. The maximum absolute atomic E-state index is 12.4. The van der Waals surface area contributed by atoms with Gasteiger partial charge < -0.3 is 5.32 Å². The average molecular weight is 314 g/mol. The predicted octanol–water partition coefficient (Wildman–Crippen LogP) is 4.75. The normalized spacial score (nSPS) is 30.5. The Balaban J connectivity index is 1.75. The molecular formula is C18H32ClNO. The molecule has 0 saturated heterocycles. The largest absolute Gasteiger partial charge is 0.356 e. The van der Waals surface area contributed by atoms with Gasteiger partial charge in [-0.05, 0) is 49.9 Å². The highest BCUT2D eigenvalue weighted by Crippen LogP contribution is 2.42. The molecule has 0 aromatic heterocycles. The molecule has 0 aromatic rings. The summed E-state index contributed by atoms with van der Waals surface area (Å²) < 4.78 is 0. The molecule has 0 spiro atoms. The van der Waals surface area contributed by atoms with Crippen LogP contribution in [0.1, 0.15) is 71.1 Å². The molecular weight excluding hydrogens is 282 g/mol. The van der Waals surface area contributed by atoms with Gasteiger partial charge in [-0.15, -0.1) is 11.6 Å². The van der Waals surface area contributed by atoms with Crippen molar-refractivity contribution in [3.05, 3.63) is 0 Å². The summed E-state index contributed by atoms with van der Waals surface area (Å²) in [6, 6.07) is 0. The molecule has 0 aliphatic heterocycles. The second-order valence-corrected chi connectivity index (χ2v) is 7.57. The molecule has 2 aliphatic rings. The molecule has 0 bridgehead atoms. The van der Waals surface area contributed by atoms with Gasteiger partial charge in [-0.1, -0.05) is 39.0 Å². The molecule has 2 rings (SSSR count). The highest BCUT2D eigenvalue weighted by atomic mass is 35.5. The second-order valence-electron chi connectivity index (χ2n) is 7.19. The minimum Gasteiger partial charge on any atom is -0.356 e. The van der Waals surface area contributed by atoms with Crippen LogP contribution in [0.15, 0.2) is 0 Å². The van der Waals surface area contributed by atoms with Gasteiger partial charge in [0.25, 0.3) is 0 Å². The molecule has 3 heteroatoms. The maximum Gasteiger partial charge on any atom is 0.223 e. The summed E-state index contributed by atoms with van der Waals surface area (Å²) in [5, 5.41) is 3.22. The molecule has 0 heterocycles. The fraction of sp³-hybridized carbons (Fsp3) is 0.944. The van der Waals surface area contributed by atoms with Crippen molar-refractivity contribution in [2.45, 2.75) is 71.1 Å². The van der Waals surface area contributed by atoms with Crippen molar-refractivity contribution >= 4 is 17.5 Å². The van der Waals surface area contributed by atoms with E-state index in [0.29, 0.717) is 17.7 Å². The Bertz CT molecular complexity index is 314. The zero-order chi connectivity index (χ0) is 15.1. The summed E-state index contributed by atoms with van der Waals surface area (Å²) in [6.45, 7) is 3.03. The number of carbonyl (C=O) groups is 1. The van der Waals surface area contributed by atoms with Crippen LogP contribution in [0.25, 0.3) is 0 Å². The number of amides is 1. The van der Waals surface area contributed by atoms with Gasteiger partial charge in [-0.25, -0.2) is 0 Å². The van der Waals surface area contributed by atoms with Crippen LogP contribution in [0.5, 0.6) is 0 Å². The van der Waals surface area contributed by atoms with E-state index in [9.17, 15) is 4.79 Å². The summed E-state index contributed by atoms with van der Waals surface area (Å²) in [6.07, 6.45) is 12.5. The SMILES string of the molecule is CCCC(CCCl)CNC(=O)C1CCC2CCCCC2C1. The summed E-state index contributed by atoms with van der Waals surface area (Å²) >= 11 is 5.86. The second kappa shape index (κ2) is 9.02. The van der Waals surface area contributed by atoms with E-state index in [1.165, 1.54) is 44.9 Å². The third kappa shape index (κ3) is 5.16. The zero-order valence-electron chi connectivity index (χ0n) is 13.6. The van der Waals surface area contributed by atoms with Crippen LogP contribution in [0.2, 0.25) is 0 Å². The molecule has 2 nitrogen and oxygen atoms in total. The standard InChI is InChI=1S/C18H32ClNO/c1-2-5-14(10-11-19)13-20-18(21)17-9-8-15-6-3-4-7-16(15)12-17/h14-17H,2-13H2,1H3,(H,20,21). The number of carbonyl (C=O) groups excluding carboxylic acids is 1. The van der Waals surface area contributed by atoms with E-state index in [0.717, 1.165) is 37.6 Å². The molecule has 1 N–H and O–H groups in total. The zero-order valence-corrected chi connectivity index (χ0v) is 14.3. The first-order valence-corrected chi connectivity index (χ1v) is 9.61. The number of hydrogen-bond acceptors (Lipinski definition) is 1. The van der Waals surface area contributed by atoms with E-state index < -0.39 is 0 Å². The third-order valence-corrected chi connectivity index (χ3v) is 5.91. The quantitative estimate of drug-likeness (QED) is 0.675. The molecule has 4 unspecified atom stereocenters. The Hall–Kier alpha value is -0.240. The maximum atomic E-state index is 12.4. The summed E-state index contributed by atoms with van der Waals surface area (Å²) in [5.41, 5.74) is 0. The average Bonchev–Trinajstić information content (AvgIpc) is 2.52. The Morgan fingerprint density at radius 3 is 2.62 bits per heavy atom. The highest BCUT2D eigenvalue weighted by molar-refractivity contribution is 6.17. The first-order valence-electron chi connectivity index (χ1n) is 9.08. The van der Waals surface area contributed by atoms with Crippen LogP contribution in [0.4, 0.5) is 0 Å². The minimum absolute atomic E-state index is 0.280. The predicted molar refractivity (Wildman–Crippen MR) is 89.5 cm³/mol. The molecule has 21 heavy (non-hydrogen) atoms. The third-order valence-electron chi connectivity index (χ3n) is 5.69. The Kier molecular flexibility index (Phi) is 7.36. The fourth-order valence-electron chi connectivity index (χ4n) is 4.41. The Morgan fingerprint density at radius 1 is 1.14 bits per heavy atom. The van der Waals surface area contributed by atoms with Crippen LogP contribution in [-0.2, 0) is 4.79 Å². The van der Waals surface area contributed by atoms with Crippen LogP contribution >= 0.6 is 11.6 Å². The summed E-state index contributed by atoms with van der Waals surface area (Å²) in [5.74, 6) is 3.61. The first kappa shape index (κ1) is 17.1. The van der Waals surface area contributed by atoms with Crippen molar-refractivity contribution < 1.29 is 4.79 Å². The van der Waals surface area contributed by atoms with Gasteiger partial charge in [-0.3, -0.25) is 4.79 Å². The topological polar surface area (TPSA) is 29.1 Å².